The Labute approximate surface area is 158 Å². The van der Waals surface area contributed by atoms with E-state index in [1.165, 1.54) is 11.1 Å². The lowest BCUT2D eigenvalue weighted by atomic mass is 9.63. The van der Waals surface area contributed by atoms with Gasteiger partial charge in [0.05, 0.1) is 25.4 Å². The van der Waals surface area contributed by atoms with Crippen LogP contribution in [0.1, 0.15) is 59.1 Å². The van der Waals surface area contributed by atoms with Crippen LogP contribution in [0.15, 0.2) is 18.2 Å². The summed E-state index contributed by atoms with van der Waals surface area (Å²) in [5.74, 6) is 0.927. The highest BCUT2D eigenvalue weighted by Gasteiger charge is 2.55. The SMILES string of the molecule is CC1C2COCC2(c2ccc(CCC(C)(C)C)c(Cl)c2)COC1(C)C. The van der Waals surface area contributed by atoms with E-state index in [1.807, 2.05) is 0 Å². The zero-order valence-electron chi connectivity index (χ0n) is 16.6. The smallest absolute Gasteiger partial charge is 0.0656 e. The van der Waals surface area contributed by atoms with Crippen LogP contribution in [0.5, 0.6) is 0 Å². The number of rotatable bonds is 3. The van der Waals surface area contributed by atoms with E-state index in [4.69, 9.17) is 21.1 Å². The summed E-state index contributed by atoms with van der Waals surface area (Å²) in [6.07, 6.45) is 2.16. The quantitative estimate of drug-likeness (QED) is 0.690. The van der Waals surface area contributed by atoms with Crippen LogP contribution in [0.25, 0.3) is 0 Å². The summed E-state index contributed by atoms with van der Waals surface area (Å²) in [4.78, 5) is 0. The van der Waals surface area contributed by atoms with E-state index in [0.717, 1.165) is 31.1 Å². The average Bonchev–Trinajstić information content (AvgIpc) is 2.95. The highest BCUT2D eigenvalue weighted by molar-refractivity contribution is 6.31. The molecule has 3 rings (SSSR count). The minimum Gasteiger partial charge on any atom is -0.380 e. The van der Waals surface area contributed by atoms with Crippen LogP contribution in [0.4, 0.5) is 0 Å². The van der Waals surface area contributed by atoms with Crippen molar-refractivity contribution in [1.29, 1.82) is 0 Å². The fourth-order valence-corrected chi connectivity index (χ4v) is 4.56. The summed E-state index contributed by atoms with van der Waals surface area (Å²) in [5, 5.41) is 0.888. The second-order valence-corrected chi connectivity index (χ2v) is 10.2. The monoisotopic (exact) mass is 364 g/mol. The Bertz CT molecular complexity index is 631. The van der Waals surface area contributed by atoms with Crippen molar-refractivity contribution >= 4 is 11.6 Å². The second kappa shape index (κ2) is 6.55. The van der Waals surface area contributed by atoms with Crippen molar-refractivity contribution in [2.45, 2.75) is 65.4 Å². The molecule has 2 saturated heterocycles. The summed E-state index contributed by atoms with van der Waals surface area (Å²) < 4.78 is 12.2. The topological polar surface area (TPSA) is 18.5 Å². The summed E-state index contributed by atoms with van der Waals surface area (Å²) in [7, 11) is 0. The van der Waals surface area contributed by atoms with Crippen molar-refractivity contribution in [3.8, 4) is 0 Å². The number of hydrogen-bond acceptors (Lipinski definition) is 2. The van der Waals surface area contributed by atoms with Gasteiger partial charge in [0.15, 0.2) is 0 Å². The predicted molar refractivity (Wildman–Crippen MR) is 104 cm³/mol. The van der Waals surface area contributed by atoms with Crippen LogP contribution < -0.4 is 0 Å². The molecule has 3 atom stereocenters. The van der Waals surface area contributed by atoms with Crippen LogP contribution in [0, 0.1) is 17.3 Å². The number of ether oxygens (including phenoxy) is 2. The highest BCUT2D eigenvalue weighted by Crippen LogP contribution is 2.50. The first-order valence-corrected chi connectivity index (χ1v) is 9.94. The molecular weight excluding hydrogens is 332 g/mol. The molecule has 0 spiro atoms. The third-order valence-corrected chi connectivity index (χ3v) is 6.89. The van der Waals surface area contributed by atoms with Gasteiger partial charge in [0.25, 0.3) is 0 Å². The normalized spacial score (nSPS) is 31.8. The third-order valence-electron chi connectivity index (χ3n) is 6.54. The van der Waals surface area contributed by atoms with Crippen molar-refractivity contribution in [3.05, 3.63) is 34.3 Å². The lowest BCUT2D eigenvalue weighted by Gasteiger charge is -2.49. The molecular formula is C22H33ClO2. The third kappa shape index (κ3) is 3.63. The fourth-order valence-electron chi connectivity index (χ4n) is 4.29. The zero-order valence-corrected chi connectivity index (χ0v) is 17.4. The van der Waals surface area contributed by atoms with Gasteiger partial charge in [0.2, 0.25) is 0 Å². The fraction of sp³-hybridized carbons (Fsp3) is 0.727. The maximum Gasteiger partial charge on any atom is 0.0656 e. The van der Waals surface area contributed by atoms with Gasteiger partial charge < -0.3 is 9.47 Å². The molecule has 0 aliphatic carbocycles. The standard InChI is InChI=1S/C22H33ClO2/c1-15-18-12-24-13-22(18,14-25-21(15,5)6)17-8-7-16(19(23)11-17)9-10-20(2,3)4/h7-8,11,15,18H,9-10,12-14H2,1-6H3. The second-order valence-electron chi connectivity index (χ2n) is 9.83. The molecule has 2 fully saturated rings. The Morgan fingerprint density at radius 3 is 2.56 bits per heavy atom. The van der Waals surface area contributed by atoms with Gasteiger partial charge in [-0.2, -0.15) is 0 Å². The van der Waals surface area contributed by atoms with Crippen molar-refractivity contribution in [2.24, 2.45) is 17.3 Å². The van der Waals surface area contributed by atoms with Gasteiger partial charge in [-0.25, -0.2) is 0 Å². The van der Waals surface area contributed by atoms with E-state index in [2.05, 4.69) is 59.7 Å². The molecule has 0 aromatic heterocycles. The molecule has 25 heavy (non-hydrogen) atoms. The van der Waals surface area contributed by atoms with Gasteiger partial charge in [-0.1, -0.05) is 51.4 Å². The minimum atomic E-state index is -0.0989. The van der Waals surface area contributed by atoms with Crippen molar-refractivity contribution in [1.82, 2.24) is 0 Å². The summed E-state index contributed by atoms with van der Waals surface area (Å²) in [5.41, 5.74) is 2.70. The maximum absolute atomic E-state index is 6.68. The molecule has 0 amide bonds. The van der Waals surface area contributed by atoms with Gasteiger partial charge in [0, 0.05) is 16.4 Å². The summed E-state index contributed by atoms with van der Waals surface area (Å²) >= 11 is 6.68. The molecule has 1 aromatic carbocycles. The Morgan fingerprint density at radius 1 is 1.20 bits per heavy atom. The number of aryl methyl sites for hydroxylation is 1. The van der Waals surface area contributed by atoms with Crippen LogP contribution in [-0.2, 0) is 21.3 Å². The van der Waals surface area contributed by atoms with Crippen LogP contribution in [-0.4, -0.2) is 25.4 Å². The van der Waals surface area contributed by atoms with E-state index in [1.54, 1.807) is 0 Å². The van der Waals surface area contributed by atoms with Crippen LogP contribution >= 0.6 is 11.6 Å². The van der Waals surface area contributed by atoms with E-state index in [0.29, 0.717) is 23.9 Å². The first-order valence-electron chi connectivity index (χ1n) is 9.56. The minimum absolute atomic E-state index is 0.0544. The van der Waals surface area contributed by atoms with Gasteiger partial charge in [0.1, 0.15) is 0 Å². The summed E-state index contributed by atoms with van der Waals surface area (Å²) in [6.45, 7) is 15.8. The zero-order chi connectivity index (χ0) is 18.5. The number of benzene rings is 1. The number of hydrogen-bond donors (Lipinski definition) is 0. The predicted octanol–water partition coefficient (Wildman–Crippen LogP) is 5.65. The number of fused-ring (bicyclic) bond motifs is 1. The molecule has 140 valence electrons. The lowest BCUT2D eigenvalue weighted by Crippen LogP contribution is -2.55. The molecule has 3 heteroatoms. The molecule has 2 aliphatic heterocycles. The van der Waals surface area contributed by atoms with Crippen LogP contribution in [0.2, 0.25) is 5.02 Å². The summed E-state index contributed by atoms with van der Waals surface area (Å²) in [6, 6.07) is 6.66. The molecule has 0 radical (unpaired) electrons. The van der Waals surface area contributed by atoms with Crippen LogP contribution in [0.3, 0.4) is 0 Å². The Hall–Kier alpha value is -0.570. The molecule has 2 nitrogen and oxygen atoms in total. The first kappa shape index (κ1) is 19.2. The van der Waals surface area contributed by atoms with Crippen molar-refractivity contribution in [3.63, 3.8) is 0 Å². The van der Waals surface area contributed by atoms with Gasteiger partial charge in [-0.3, -0.25) is 0 Å². The first-order chi connectivity index (χ1) is 11.6. The Balaban J connectivity index is 1.87. The Kier molecular flexibility index (Phi) is 5.03. The molecule has 0 N–H and O–H groups in total. The molecule has 0 bridgehead atoms. The molecule has 0 saturated carbocycles. The largest absolute Gasteiger partial charge is 0.380 e. The van der Waals surface area contributed by atoms with Gasteiger partial charge >= 0.3 is 0 Å². The highest BCUT2D eigenvalue weighted by atomic mass is 35.5. The van der Waals surface area contributed by atoms with E-state index >= 15 is 0 Å². The van der Waals surface area contributed by atoms with E-state index in [9.17, 15) is 0 Å². The van der Waals surface area contributed by atoms with E-state index < -0.39 is 0 Å². The molecule has 1 aromatic rings. The molecule has 2 aliphatic rings. The Morgan fingerprint density at radius 2 is 1.92 bits per heavy atom. The van der Waals surface area contributed by atoms with Crippen molar-refractivity contribution < 1.29 is 9.47 Å². The maximum atomic E-state index is 6.68. The van der Waals surface area contributed by atoms with Gasteiger partial charge in [-0.15, -0.1) is 0 Å². The number of halogens is 1. The molecule has 2 heterocycles. The van der Waals surface area contributed by atoms with Gasteiger partial charge in [-0.05, 0) is 55.2 Å². The lowest BCUT2D eigenvalue weighted by molar-refractivity contribution is -0.141. The van der Waals surface area contributed by atoms with E-state index in [-0.39, 0.29) is 11.0 Å². The van der Waals surface area contributed by atoms with Crippen molar-refractivity contribution in [2.75, 3.05) is 19.8 Å². The average molecular weight is 365 g/mol. The molecule has 3 unspecified atom stereocenters.